The van der Waals surface area contributed by atoms with Crippen LogP contribution in [0.25, 0.3) is 0 Å². The Morgan fingerprint density at radius 3 is 1.00 bits per heavy atom. The Hall–Kier alpha value is 1.41. The maximum Gasteiger partial charge on any atom is 1.00 e. The van der Waals surface area contributed by atoms with Crippen LogP contribution in [0.15, 0.2) is 0 Å². The fourth-order valence-electron chi connectivity index (χ4n) is 0. The summed E-state index contributed by atoms with van der Waals surface area (Å²) < 4.78 is 65.2. The monoisotopic (exact) mass is 340 g/mol. The van der Waals surface area contributed by atoms with Gasteiger partial charge in [-0.15, -0.1) is 0 Å². The Kier molecular flexibility index (Phi) is 11.4. The predicted octanol–water partition coefficient (Wildman–Crippen LogP) is -12.9. The molecule has 0 fully saturated rings. The van der Waals surface area contributed by atoms with Crippen LogP contribution in [0.4, 0.5) is 0 Å². The molecule has 0 aliphatic heterocycles. The van der Waals surface area contributed by atoms with Crippen molar-refractivity contribution in [1.29, 1.82) is 0 Å². The smallest absolute Gasteiger partial charge is 0.286 e. The average Bonchev–Trinajstić information content (AvgIpc) is 1.12. The van der Waals surface area contributed by atoms with Gasteiger partial charge in [0.2, 0.25) is 0 Å². The van der Waals surface area contributed by atoms with E-state index in [1.54, 1.807) is 0 Å². The number of hydrogen-bond acceptors (Lipinski definition) is 5. The summed E-state index contributed by atoms with van der Waals surface area (Å²) in [6, 6.07) is 0. The first-order valence-electron chi connectivity index (χ1n) is 1.40. The van der Waals surface area contributed by atoms with E-state index in [4.69, 9.17) is 29.8 Å². The minimum atomic E-state index is -5.94. The summed E-state index contributed by atoms with van der Waals surface area (Å²) in [5.41, 5.74) is 0. The summed E-state index contributed by atoms with van der Waals surface area (Å²) in [4.78, 5) is 0. The van der Waals surface area contributed by atoms with Gasteiger partial charge < -0.3 is 0 Å². The fourth-order valence-corrected chi connectivity index (χ4v) is 0. The molecule has 0 bridgehead atoms. The van der Waals surface area contributed by atoms with Crippen molar-refractivity contribution in [2.24, 2.45) is 0 Å². The Labute approximate surface area is 82.7 Å². The molecule has 0 saturated heterocycles. The van der Waals surface area contributed by atoms with E-state index in [9.17, 15) is 0 Å². The molecule has 0 spiro atoms. The first-order valence-corrected chi connectivity index (χ1v) is 8.21. The minimum Gasteiger partial charge on any atom is -0.286 e. The molecule has 0 aromatic rings. The molecule has 0 aromatic heterocycles. The third kappa shape index (κ3) is 511. The molecule has 0 saturated carbocycles. The van der Waals surface area contributed by atoms with E-state index in [1.807, 2.05) is 0 Å². The number of rotatable bonds is 0. The maximum atomic E-state index is 8.94. The van der Waals surface area contributed by atoms with E-state index in [1.165, 1.54) is 0 Å². The minimum absolute atomic E-state index is 0. The third-order valence-corrected chi connectivity index (χ3v) is 0. The van der Waals surface area contributed by atoms with E-state index in [-0.39, 0.29) is 18.9 Å². The van der Waals surface area contributed by atoms with Gasteiger partial charge in [-0.05, 0) is 0 Å². The van der Waals surface area contributed by atoms with Gasteiger partial charge in [-0.25, -0.2) is 0 Å². The zero-order chi connectivity index (χ0) is 9.00. The molecular weight excluding hydrogens is 337 g/mol. The second-order valence-corrected chi connectivity index (χ2v) is 5.20. The van der Waals surface area contributed by atoms with Crippen molar-refractivity contribution in [2.75, 3.05) is 0 Å². The van der Waals surface area contributed by atoms with Crippen molar-refractivity contribution in [2.45, 2.75) is 0 Å². The van der Waals surface area contributed by atoms with Gasteiger partial charge in [-0.2, -0.15) is 0 Å². The van der Waals surface area contributed by atoms with E-state index in [0.717, 1.165) is 0 Å². The average molecular weight is 340 g/mol. The van der Waals surface area contributed by atoms with Crippen LogP contribution in [0, 0.1) is 0 Å². The van der Waals surface area contributed by atoms with Crippen molar-refractivity contribution in [3.63, 3.8) is 0 Å². The summed E-state index contributed by atoms with van der Waals surface area (Å²) in [7, 11) is 0. The zero-order valence-corrected chi connectivity index (χ0v) is 9.24. The Morgan fingerprint density at radius 2 is 1.00 bits per heavy atom. The molecule has 0 atom stereocenters. The second-order valence-electron chi connectivity index (χ2n) is 0.891. The summed E-state index contributed by atoms with van der Waals surface area (Å²) in [5.74, 6) is 0. The Morgan fingerprint density at radius 1 is 1.00 bits per heavy atom. The van der Waals surface area contributed by atoms with Crippen LogP contribution in [-0.4, -0.2) is 26.8 Å². The van der Waals surface area contributed by atoms with Gasteiger partial charge in [0.05, 0.1) is 0 Å². The molecule has 0 unspecified atom stereocenters. The van der Waals surface area contributed by atoms with Gasteiger partial charge in [0, 0.05) is 0 Å². The second kappa shape index (κ2) is 6.87. The third-order valence-electron chi connectivity index (χ3n) is 0. The van der Waals surface area contributed by atoms with E-state index < -0.39 is 34.6 Å². The molecule has 8 nitrogen and oxygen atoms in total. The van der Waals surface area contributed by atoms with Gasteiger partial charge in [0.15, 0.2) is 0 Å². The van der Waals surface area contributed by atoms with Gasteiger partial charge in [-0.3, -0.25) is 13.7 Å². The van der Waals surface area contributed by atoms with Crippen molar-refractivity contribution < 1.29 is 68.7 Å². The molecule has 64 valence electrons. The summed E-state index contributed by atoms with van der Waals surface area (Å²) in [6.45, 7) is 0. The molecule has 11 heteroatoms. The quantitative estimate of drug-likeness (QED) is 0.288. The zero-order valence-electron chi connectivity index (χ0n) is 5.21. The van der Waals surface area contributed by atoms with Crippen LogP contribution in [0.2, 0.25) is 0 Å². The molecule has 0 radical (unpaired) electrons. The topological polar surface area (TPSA) is 170 Å². The Balaban J connectivity index is -0.000000107. The van der Waals surface area contributed by atoms with Crippen LogP contribution < -0.4 is 52.7 Å². The van der Waals surface area contributed by atoms with Crippen LogP contribution in [0.1, 0.15) is 0 Å². The number of halogens is 1. The normalized spacial score (nSPS) is 10.8. The molecule has 0 heterocycles. The van der Waals surface area contributed by atoms with Gasteiger partial charge in [0.25, 0.3) is 0 Å². The molecule has 3 N–H and O–H groups in total. The summed E-state index contributed by atoms with van der Waals surface area (Å²) in [5, 5.41) is 0. The predicted molar refractivity (Wildman–Crippen MR) is 13.1 cm³/mol. The van der Waals surface area contributed by atoms with Crippen molar-refractivity contribution in [1.82, 2.24) is 0 Å². The molecule has 0 amide bonds. The van der Waals surface area contributed by atoms with Crippen molar-refractivity contribution >= 4 is 14.5 Å². The standard InChI is InChI=1S/AsH3O4.IO4.Li/c2*2-1(3,4)5;/h(H3,2,3,4,5);;/q;-1;+1. The van der Waals surface area contributed by atoms with Crippen molar-refractivity contribution in [3.05, 3.63) is 0 Å². The SMILES string of the molecule is O=[As](O)(O)O.[Li+].[O-][I+3]([O-])([O-])[O-]. The molecule has 11 heavy (non-hydrogen) atoms. The van der Waals surface area contributed by atoms with Crippen LogP contribution in [0.3, 0.4) is 0 Å². The van der Waals surface area contributed by atoms with E-state index in [0.29, 0.717) is 0 Å². The van der Waals surface area contributed by atoms with Gasteiger partial charge in [-0.1, -0.05) is 0 Å². The van der Waals surface area contributed by atoms with Crippen LogP contribution >= 0.6 is 0 Å². The maximum absolute atomic E-state index is 8.94. The molecule has 0 aliphatic carbocycles. The summed E-state index contributed by atoms with van der Waals surface area (Å²) in [6.07, 6.45) is 0. The Bertz CT molecular complexity index is 106. The van der Waals surface area contributed by atoms with Crippen molar-refractivity contribution in [3.8, 4) is 0 Å². The number of hydrogen-bond donors (Lipinski definition) is 3. The van der Waals surface area contributed by atoms with Gasteiger partial charge in [0.1, 0.15) is 20.1 Å². The molecular formula is H3AsILiO8. The first kappa shape index (κ1) is 18.2. The van der Waals surface area contributed by atoms with Gasteiger partial charge >= 0.3 is 49.4 Å². The van der Waals surface area contributed by atoms with Crippen LogP contribution in [0.5, 0.6) is 0 Å². The van der Waals surface area contributed by atoms with Crippen LogP contribution in [-0.2, 0) is 3.74 Å². The van der Waals surface area contributed by atoms with E-state index in [2.05, 4.69) is 0 Å². The fraction of sp³-hybridized carbons (Fsp3) is 0. The largest absolute Gasteiger partial charge is 1.00 e. The molecule has 0 aliphatic rings. The van der Waals surface area contributed by atoms with E-state index >= 15 is 0 Å². The molecule has 0 rings (SSSR count). The molecule has 0 aromatic carbocycles. The first-order chi connectivity index (χ1) is 4.00. The summed E-state index contributed by atoms with van der Waals surface area (Å²) >= 11 is -11.1.